The van der Waals surface area contributed by atoms with Crippen LogP contribution in [0.25, 0.3) is 11.6 Å². The lowest BCUT2D eigenvalue weighted by Crippen LogP contribution is -1.87. The molecule has 0 atom stereocenters. The predicted octanol–water partition coefficient (Wildman–Crippen LogP) is 4.26. The van der Waals surface area contributed by atoms with Crippen LogP contribution in [0.3, 0.4) is 0 Å². The Balaban J connectivity index is 2.29. The van der Waals surface area contributed by atoms with Gasteiger partial charge in [0.15, 0.2) is 0 Å². The van der Waals surface area contributed by atoms with E-state index in [2.05, 4.69) is 19.2 Å². The van der Waals surface area contributed by atoms with Gasteiger partial charge in [-0.1, -0.05) is 55.6 Å². The summed E-state index contributed by atoms with van der Waals surface area (Å²) in [6, 6.07) is 17.6. The fourth-order valence-electron chi connectivity index (χ4n) is 1.73. The lowest BCUT2D eigenvalue weighted by Gasteiger charge is -2.06. The van der Waals surface area contributed by atoms with Crippen molar-refractivity contribution in [3.8, 4) is 6.07 Å². The smallest absolute Gasteiger partial charge is 0.0991 e. The maximum absolute atomic E-state index is 8.76. The summed E-state index contributed by atoms with van der Waals surface area (Å²) in [5.41, 5.74) is 4.81. The van der Waals surface area contributed by atoms with Crippen molar-refractivity contribution in [2.45, 2.75) is 0 Å². The third-order valence-electron chi connectivity index (χ3n) is 2.86. The van der Waals surface area contributed by atoms with Crippen LogP contribution in [0.1, 0.15) is 22.3 Å². The van der Waals surface area contributed by atoms with Gasteiger partial charge in [-0.2, -0.15) is 5.26 Å². The van der Waals surface area contributed by atoms with E-state index in [0.717, 1.165) is 22.3 Å². The first kappa shape index (κ1) is 11.9. The van der Waals surface area contributed by atoms with Crippen LogP contribution < -0.4 is 0 Å². The predicted molar refractivity (Wildman–Crippen MR) is 75.8 cm³/mol. The van der Waals surface area contributed by atoms with E-state index in [4.69, 9.17) is 5.26 Å². The van der Waals surface area contributed by atoms with Gasteiger partial charge in [0.05, 0.1) is 11.6 Å². The molecule has 0 radical (unpaired) electrons. The van der Waals surface area contributed by atoms with Gasteiger partial charge < -0.3 is 0 Å². The number of hydrogen-bond acceptors (Lipinski definition) is 1. The van der Waals surface area contributed by atoms with Crippen LogP contribution in [0.2, 0.25) is 0 Å². The van der Waals surface area contributed by atoms with Crippen molar-refractivity contribution in [2.75, 3.05) is 0 Å². The molecule has 2 aromatic rings. The van der Waals surface area contributed by atoms with E-state index in [1.165, 1.54) is 0 Å². The lowest BCUT2D eigenvalue weighted by molar-refractivity contribution is 1.47. The fraction of sp³-hybridized carbons (Fsp3) is 0. The van der Waals surface area contributed by atoms with Gasteiger partial charge >= 0.3 is 0 Å². The van der Waals surface area contributed by atoms with Gasteiger partial charge in [-0.25, -0.2) is 0 Å². The highest BCUT2D eigenvalue weighted by Crippen LogP contribution is 2.22. The van der Waals surface area contributed by atoms with E-state index in [1.807, 2.05) is 42.5 Å². The molecule has 1 nitrogen and oxygen atoms in total. The van der Waals surface area contributed by atoms with Crippen LogP contribution in [-0.4, -0.2) is 0 Å². The van der Waals surface area contributed by atoms with E-state index in [0.29, 0.717) is 5.56 Å². The van der Waals surface area contributed by atoms with E-state index in [9.17, 15) is 0 Å². The van der Waals surface area contributed by atoms with Crippen LogP contribution in [0, 0.1) is 11.3 Å². The maximum Gasteiger partial charge on any atom is 0.0991 e. The number of nitriles is 1. The molecule has 0 unspecified atom stereocenters. The second-order valence-corrected chi connectivity index (χ2v) is 3.99. The van der Waals surface area contributed by atoms with Crippen molar-refractivity contribution < 1.29 is 0 Å². The third-order valence-corrected chi connectivity index (χ3v) is 2.86. The highest BCUT2D eigenvalue weighted by molar-refractivity contribution is 5.78. The lowest BCUT2D eigenvalue weighted by atomic mass is 9.98. The number of hydrogen-bond donors (Lipinski definition) is 0. The fourth-order valence-corrected chi connectivity index (χ4v) is 1.73. The van der Waals surface area contributed by atoms with Gasteiger partial charge in [-0.15, -0.1) is 0 Å². The maximum atomic E-state index is 8.76. The second-order valence-electron chi connectivity index (χ2n) is 3.99. The Bertz CT molecular complexity index is 610. The van der Waals surface area contributed by atoms with Gasteiger partial charge in [0.2, 0.25) is 0 Å². The highest BCUT2D eigenvalue weighted by atomic mass is 14.2. The minimum Gasteiger partial charge on any atom is -0.192 e. The average molecular weight is 231 g/mol. The monoisotopic (exact) mass is 231 g/mol. The summed E-state index contributed by atoms with van der Waals surface area (Å²) >= 11 is 0. The van der Waals surface area contributed by atoms with E-state index in [1.54, 1.807) is 12.1 Å². The van der Waals surface area contributed by atoms with Crippen molar-refractivity contribution in [3.05, 3.63) is 83.9 Å². The van der Waals surface area contributed by atoms with Gasteiger partial charge in [0, 0.05) is 0 Å². The van der Waals surface area contributed by atoms with Crippen molar-refractivity contribution in [1.82, 2.24) is 0 Å². The molecule has 0 saturated carbocycles. The van der Waals surface area contributed by atoms with Gasteiger partial charge in [0.1, 0.15) is 0 Å². The zero-order valence-corrected chi connectivity index (χ0v) is 10.1. The summed E-state index contributed by atoms with van der Waals surface area (Å²) in [7, 11) is 0. The zero-order chi connectivity index (χ0) is 13.0. The molecule has 0 spiro atoms. The van der Waals surface area contributed by atoms with Crippen molar-refractivity contribution in [1.29, 1.82) is 5.26 Å². The third kappa shape index (κ3) is 2.39. The molecular formula is C17H13N. The Morgan fingerprint density at radius 2 is 1.44 bits per heavy atom. The van der Waals surface area contributed by atoms with Crippen molar-refractivity contribution >= 4 is 11.6 Å². The summed E-state index contributed by atoms with van der Waals surface area (Å²) in [4.78, 5) is 0. The number of rotatable bonds is 3. The molecule has 0 aromatic heterocycles. The molecule has 86 valence electrons. The topological polar surface area (TPSA) is 23.8 Å². The Morgan fingerprint density at radius 3 is 1.89 bits per heavy atom. The minimum absolute atomic E-state index is 0.661. The van der Waals surface area contributed by atoms with E-state index in [-0.39, 0.29) is 0 Å². The van der Waals surface area contributed by atoms with Crippen LogP contribution in [0.5, 0.6) is 0 Å². The molecule has 0 aliphatic heterocycles. The van der Waals surface area contributed by atoms with Crippen molar-refractivity contribution in [2.24, 2.45) is 0 Å². The largest absolute Gasteiger partial charge is 0.192 e. The van der Waals surface area contributed by atoms with Crippen LogP contribution in [-0.2, 0) is 0 Å². The van der Waals surface area contributed by atoms with Gasteiger partial charge in [-0.3, -0.25) is 0 Å². The summed E-state index contributed by atoms with van der Waals surface area (Å²) in [5, 5.41) is 8.76. The second kappa shape index (κ2) is 5.16. The summed E-state index contributed by atoms with van der Waals surface area (Å²) in [5.74, 6) is 0. The molecule has 0 fully saturated rings. The zero-order valence-electron chi connectivity index (χ0n) is 10.1. The molecule has 18 heavy (non-hydrogen) atoms. The molecule has 0 aliphatic carbocycles. The number of benzene rings is 2. The van der Waals surface area contributed by atoms with Crippen LogP contribution >= 0.6 is 0 Å². The molecule has 0 aliphatic rings. The highest BCUT2D eigenvalue weighted by Gasteiger charge is 2.02. The Labute approximate surface area is 107 Å². The minimum atomic E-state index is 0.661. The number of nitrogens with zero attached hydrogens (tertiary/aromatic N) is 1. The first-order valence-corrected chi connectivity index (χ1v) is 5.67. The average Bonchev–Trinajstić information content (AvgIpc) is 2.47. The molecule has 0 heterocycles. The molecule has 0 saturated heterocycles. The standard InChI is InChI=1S/C17H13N/c1-3-14-4-8-16(9-5-14)13(2)17-10-6-15(12-18)7-11-17/h3-11H,1-2H2. The van der Waals surface area contributed by atoms with Crippen LogP contribution in [0.4, 0.5) is 0 Å². The van der Waals surface area contributed by atoms with Gasteiger partial charge in [0.25, 0.3) is 0 Å². The first-order chi connectivity index (χ1) is 8.74. The Kier molecular flexibility index (Phi) is 3.41. The Hall–Kier alpha value is -2.59. The quantitative estimate of drug-likeness (QED) is 0.774. The van der Waals surface area contributed by atoms with Crippen LogP contribution in [0.15, 0.2) is 61.7 Å². The molecule has 0 bridgehead atoms. The van der Waals surface area contributed by atoms with Gasteiger partial charge in [-0.05, 0) is 34.4 Å². The molecule has 0 amide bonds. The molecule has 2 aromatic carbocycles. The normalized spacial score (nSPS) is 9.50. The molecule has 1 heteroatoms. The first-order valence-electron chi connectivity index (χ1n) is 5.67. The van der Waals surface area contributed by atoms with E-state index >= 15 is 0 Å². The van der Waals surface area contributed by atoms with Crippen molar-refractivity contribution in [3.63, 3.8) is 0 Å². The summed E-state index contributed by atoms with van der Waals surface area (Å²) in [6.45, 7) is 7.83. The molecular weight excluding hydrogens is 218 g/mol. The van der Waals surface area contributed by atoms with E-state index < -0.39 is 0 Å². The Morgan fingerprint density at radius 1 is 0.944 bits per heavy atom. The summed E-state index contributed by atoms with van der Waals surface area (Å²) in [6.07, 6.45) is 1.81. The summed E-state index contributed by atoms with van der Waals surface area (Å²) < 4.78 is 0. The molecule has 2 rings (SSSR count). The molecule has 0 N–H and O–H groups in total. The SMILES string of the molecule is C=Cc1ccc(C(=C)c2ccc(C#N)cc2)cc1.